The first-order valence-corrected chi connectivity index (χ1v) is 10.1. The summed E-state index contributed by atoms with van der Waals surface area (Å²) in [7, 11) is 0. The molecule has 0 aromatic carbocycles. The highest BCUT2D eigenvalue weighted by Gasteiger charge is 2.26. The molecule has 0 fully saturated rings. The molecule has 0 saturated carbocycles. The van der Waals surface area contributed by atoms with Gasteiger partial charge in [-0.15, -0.1) is 11.3 Å². The molecule has 0 amide bonds. The summed E-state index contributed by atoms with van der Waals surface area (Å²) in [5.74, 6) is 0.437. The summed E-state index contributed by atoms with van der Waals surface area (Å²) in [6, 6.07) is 3.85. The van der Waals surface area contributed by atoms with Crippen LogP contribution in [0.4, 0.5) is 10.8 Å². The molecule has 3 rings (SSSR count). The normalized spacial score (nSPS) is 13.5. The number of carbonyl (C=O) groups is 1. The fourth-order valence-electron chi connectivity index (χ4n) is 3.11. The summed E-state index contributed by atoms with van der Waals surface area (Å²) in [5.41, 5.74) is 2.78. The number of nitrogens with zero attached hydrogens (tertiary/aromatic N) is 1. The zero-order valence-electron chi connectivity index (χ0n) is 15.1. The molecule has 7 heteroatoms. The topological polar surface area (TPSA) is 63.2 Å². The minimum absolute atomic E-state index is 0.272. The SMILES string of the molecule is CCOC(=O)c1c(NC(=S)Nc2ncccc2C)sc2c1CCCCC2. The molecule has 0 bridgehead atoms. The van der Waals surface area contributed by atoms with E-state index in [1.54, 1.807) is 17.5 Å². The van der Waals surface area contributed by atoms with E-state index in [1.807, 2.05) is 26.0 Å². The summed E-state index contributed by atoms with van der Waals surface area (Å²) >= 11 is 7.06. The Morgan fingerprint density at radius 1 is 1.31 bits per heavy atom. The van der Waals surface area contributed by atoms with E-state index in [4.69, 9.17) is 17.0 Å². The van der Waals surface area contributed by atoms with Crippen molar-refractivity contribution in [3.05, 3.63) is 39.9 Å². The van der Waals surface area contributed by atoms with Crippen molar-refractivity contribution in [1.29, 1.82) is 0 Å². The number of hydrogen-bond acceptors (Lipinski definition) is 5. The lowest BCUT2D eigenvalue weighted by Gasteiger charge is -2.12. The number of pyridine rings is 1. The molecular formula is C19H23N3O2S2. The smallest absolute Gasteiger partial charge is 0.341 e. The minimum atomic E-state index is -0.272. The summed E-state index contributed by atoms with van der Waals surface area (Å²) in [5, 5.41) is 7.50. The largest absolute Gasteiger partial charge is 0.462 e. The van der Waals surface area contributed by atoms with Crippen LogP contribution in [-0.4, -0.2) is 22.7 Å². The highest BCUT2D eigenvalue weighted by Crippen LogP contribution is 2.38. The molecule has 2 N–H and O–H groups in total. The number of ether oxygens (including phenoxy) is 1. The third-order valence-electron chi connectivity index (χ3n) is 4.37. The standard InChI is InChI=1S/C19H23N3O2S2/c1-3-24-18(23)15-13-9-5-4-6-10-14(13)26-17(15)22-19(25)21-16-12(2)8-7-11-20-16/h7-8,11H,3-6,9-10H2,1-2H3,(H2,20,21,22,25). The first-order valence-electron chi connectivity index (χ1n) is 8.91. The van der Waals surface area contributed by atoms with E-state index in [0.29, 0.717) is 23.1 Å². The molecule has 0 spiro atoms. The Kier molecular flexibility index (Phi) is 6.21. The maximum Gasteiger partial charge on any atom is 0.341 e. The van der Waals surface area contributed by atoms with Gasteiger partial charge in [-0.25, -0.2) is 9.78 Å². The minimum Gasteiger partial charge on any atom is -0.462 e. The first-order chi connectivity index (χ1) is 12.6. The van der Waals surface area contributed by atoms with Gasteiger partial charge in [-0.3, -0.25) is 0 Å². The molecule has 1 aliphatic rings. The molecule has 2 aromatic rings. The number of thiophene rings is 1. The van der Waals surface area contributed by atoms with E-state index < -0.39 is 0 Å². The lowest BCUT2D eigenvalue weighted by molar-refractivity contribution is 0.0527. The van der Waals surface area contributed by atoms with Crippen molar-refractivity contribution in [3.8, 4) is 0 Å². The molecule has 5 nitrogen and oxygen atoms in total. The number of aromatic nitrogens is 1. The zero-order chi connectivity index (χ0) is 18.5. The van der Waals surface area contributed by atoms with Crippen molar-refractivity contribution in [2.75, 3.05) is 17.2 Å². The van der Waals surface area contributed by atoms with Crippen LogP contribution < -0.4 is 10.6 Å². The number of carbonyl (C=O) groups excluding carboxylic acids is 1. The fraction of sp³-hybridized carbons (Fsp3) is 0.421. The molecule has 26 heavy (non-hydrogen) atoms. The average Bonchev–Trinajstić information content (AvgIpc) is 2.78. The Balaban J connectivity index is 1.85. The van der Waals surface area contributed by atoms with E-state index in [-0.39, 0.29) is 5.97 Å². The number of thiocarbonyl (C=S) groups is 1. The van der Waals surface area contributed by atoms with Crippen LogP contribution in [0.25, 0.3) is 0 Å². The van der Waals surface area contributed by atoms with Gasteiger partial charge in [-0.05, 0) is 68.9 Å². The van der Waals surface area contributed by atoms with Crippen LogP contribution in [0.3, 0.4) is 0 Å². The van der Waals surface area contributed by atoms with Gasteiger partial charge in [0.1, 0.15) is 10.8 Å². The van der Waals surface area contributed by atoms with Crippen molar-refractivity contribution < 1.29 is 9.53 Å². The number of esters is 1. The molecular weight excluding hydrogens is 366 g/mol. The second-order valence-electron chi connectivity index (χ2n) is 6.24. The molecule has 0 unspecified atom stereocenters. The van der Waals surface area contributed by atoms with Crippen LogP contribution in [-0.2, 0) is 17.6 Å². The van der Waals surface area contributed by atoms with Gasteiger partial charge in [0.25, 0.3) is 0 Å². The molecule has 1 aliphatic carbocycles. The second kappa shape index (κ2) is 8.60. The third-order valence-corrected chi connectivity index (χ3v) is 5.78. The van der Waals surface area contributed by atoms with Gasteiger partial charge in [-0.1, -0.05) is 12.5 Å². The van der Waals surface area contributed by atoms with E-state index in [9.17, 15) is 4.79 Å². The molecule has 2 heterocycles. The van der Waals surface area contributed by atoms with Gasteiger partial charge in [0.2, 0.25) is 0 Å². The number of aryl methyl sites for hydroxylation is 2. The molecule has 2 aromatic heterocycles. The van der Waals surface area contributed by atoms with Gasteiger partial charge >= 0.3 is 5.97 Å². The Labute approximate surface area is 163 Å². The van der Waals surface area contributed by atoms with Gasteiger partial charge in [0.15, 0.2) is 5.11 Å². The Hall–Kier alpha value is -1.99. The van der Waals surface area contributed by atoms with E-state index in [1.165, 1.54) is 11.3 Å². The van der Waals surface area contributed by atoms with Gasteiger partial charge in [-0.2, -0.15) is 0 Å². The van der Waals surface area contributed by atoms with Gasteiger partial charge < -0.3 is 15.4 Å². The second-order valence-corrected chi connectivity index (χ2v) is 7.75. The quantitative estimate of drug-likeness (QED) is 0.449. The molecule has 0 radical (unpaired) electrons. The van der Waals surface area contributed by atoms with Crippen molar-refractivity contribution in [2.24, 2.45) is 0 Å². The lowest BCUT2D eigenvalue weighted by Crippen LogP contribution is -2.21. The van der Waals surface area contributed by atoms with Crippen LogP contribution in [0.5, 0.6) is 0 Å². The molecule has 138 valence electrons. The summed E-state index contributed by atoms with van der Waals surface area (Å²) in [6.45, 7) is 4.15. The van der Waals surface area contributed by atoms with Crippen molar-refractivity contribution in [1.82, 2.24) is 4.98 Å². The Morgan fingerprint density at radius 2 is 2.12 bits per heavy atom. The zero-order valence-corrected chi connectivity index (χ0v) is 16.7. The monoisotopic (exact) mass is 389 g/mol. The first kappa shape index (κ1) is 18.8. The number of hydrogen-bond donors (Lipinski definition) is 2. The summed E-state index contributed by atoms with van der Waals surface area (Å²) in [6.07, 6.45) is 7.10. The van der Waals surface area contributed by atoms with Gasteiger partial charge in [0, 0.05) is 11.1 Å². The highest BCUT2D eigenvalue weighted by atomic mass is 32.1. The lowest BCUT2D eigenvalue weighted by atomic mass is 10.1. The van der Waals surface area contributed by atoms with E-state index >= 15 is 0 Å². The van der Waals surface area contributed by atoms with E-state index in [2.05, 4.69) is 15.6 Å². The van der Waals surface area contributed by atoms with Crippen LogP contribution >= 0.6 is 23.6 Å². The van der Waals surface area contributed by atoms with Crippen LogP contribution in [0.1, 0.15) is 52.5 Å². The van der Waals surface area contributed by atoms with Crippen molar-refractivity contribution in [3.63, 3.8) is 0 Å². The third kappa shape index (κ3) is 4.22. The number of rotatable bonds is 4. The maximum absolute atomic E-state index is 12.6. The fourth-order valence-corrected chi connectivity index (χ4v) is 4.65. The number of anilines is 2. The molecule has 0 atom stereocenters. The summed E-state index contributed by atoms with van der Waals surface area (Å²) in [4.78, 5) is 18.1. The van der Waals surface area contributed by atoms with Crippen LogP contribution in [0.15, 0.2) is 18.3 Å². The van der Waals surface area contributed by atoms with Crippen molar-refractivity contribution >= 4 is 45.5 Å². The average molecular weight is 390 g/mol. The van der Waals surface area contributed by atoms with E-state index in [0.717, 1.165) is 41.8 Å². The summed E-state index contributed by atoms with van der Waals surface area (Å²) < 4.78 is 5.30. The van der Waals surface area contributed by atoms with Gasteiger partial charge in [0.05, 0.1) is 12.2 Å². The van der Waals surface area contributed by atoms with Crippen LogP contribution in [0, 0.1) is 6.92 Å². The predicted molar refractivity (Wildman–Crippen MR) is 110 cm³/mol. The number of nitrogens with one attached hydrogen (secondary N) is 2. The highest BCUT2D eigenvalue weighted by molar-refractivity contribution is 7.80. The molecule has 0 saturated heterocycles. The number of fused-ring (bicyclic) bond motifs is 1. The van der Waals surface area contributed by atoms with Crippen LogP contribution in [0.2, 0.25) is 0 Å². The molecule has 0 aliphatic heterocycles. The Morgan fingerprint density at radius 3 is 2.88 bits per heavy atom. The predicted octanol–water partition coefficient (Wildman–Crippen LogP) is 4.71. The maximum atomic E-state index is 12.6. The van der Waals surface area contributed by atoms with Crippen molar-refractivity contribution in [2.45, 2.75) is 46.0 Å². The Bertz CT molecular complexity index is 817.